The Bertz CT molecular complexity index is 715. The van der Waals surface area contributed by atoms with E-state index in [1.165, 1.54) is 0 Å². The van der Waals surface area contributed by atoms with Crippen LogP contribution in [-0.2, 0) is 6.42 Å². The Kier molecular flexibility index (Phi) is 1.98. The number of aryl methyl sites for hydroxylation is 1. The normalized spacial score (nSPS) is 11.4. The van der Waals surface area contributed by atoms with E-state index in [1.807, 2.05) is 31.2 Å². The van der Waals surface area contributed by atoms with E-state index in [4.69, 9.17) is 15.9 Å². The number of hydrogen-bond acceptors (Lipinski definition) is 4. The second-order valence-corrected chi connectivity index (χ2v) is 4.02. The van der Waals surface area contributed by atoms with E-state index < -0.39 is 0 Å². The minimum atomic E-state index is 0.186. The number of anilines is 2. The van der Waals surface area contributed by atoms with Gasteiger partial charge in [-0.2, -0.15) is 4.98 Å². The van der Waals surface area contributed by atoms with Gasteiger partial charge in [-0.3, -0.25) is 0 Å². The Balaban J connectivity index is 2.63. The number of rotatable bonds is 1. The summed E-state index contributed by atoms with van der Waals surface area (Å²) in [5.41, 5.74) is 15.0. The molecule has 0 unspecified atom stereocenters. The first kappa shape index (κ1) is 9.96. The molecule has 0 spiro atoms. The van der Waals surface area contributed by atoms with Crippen LogP contribution in [0.3, 0.4) is 0 Å². The molecule has 0 saturated heterocycles. The van der Waals surface area contributed by atoms with Crippen LogP contribution >= 0.6 is 0 Å². The largest absolute Gasteiger partial charge is 0.423 e. The molecule has 0 fully saturated rings. The van der Waals surface area contributed by atoms with Crippen LogP contribution in [0.25, 0.3) is 21.9 Å². The number of nitrogens with zero attached hydrogens (tertiary/aromatic N) is 1. The summed E-state index contributed by atoms with van der Waals surface area (Å²) in [7, 11) is 0. The van der Waals surface area contributed by atoms with E-state index in [9.17, 15) is 0 Å². The Hall–Kier alpha value is -2.23. The molecule has 0 bridgehead atoms. The summed E-state index contributed by atoms with van der Waals surface area (Å²) in [5.74, 6) is 0. The second-order valence-electron chi connectivity index (χ2n) is 4.02. The molecule has 3 rings (SSSR count). The molecule has 4 N–H and O–H groups in total. The Morgan fingerprint density at radius 1 is 1.18 bits per heavy atom. The fourth-order valence-corrected chi connectivity index (χ4v) is 2.28. The van der Waals surface area contributed by atoms with Crippen LogP contribution in [0.4, 0.5) is 11.7 Å². The maximum Gasteiger partial charge on any atom is 0.293 e. The van der Waals surface area contributed by atoms with Crippen LogP contribution in [0.15, 0.2) is 28.7 Å². The molecule has 0 aliphatic rings. The van der Waals surface area contributed by atoms with Crippen molar-refractivity contribution < 1.29 is 4.42 Å². The van der Waals surface area contributed by atoms with Crippen LogP contribution in [0.1, 0.15) is 12.5 Å². The molecular weight excluding hydrogens is 214 g/mol. The van der Waals surface area contributed by atoms with Crippen molar-refractivity contribution in [3.05, 3.63) is 29.8 Å². The molecule has 1 aromatic heterocycles. The molecule has 0 aliphatic heterocycles. The first-order valence-corrected chi connectivity index (χ1v) is 5.57. The number of hydrogen-bond donors (Lipinski definition) is 2. The number of aromatic nitrogens is 1. The summed E-state index contributed by atoms with van der Waals surface area (Å²) in [6.07, 6.45) is 0.793. The van der Waals surface area contributed by atoms with Crippen LogP contribution in [0.2, 0.25) is 0 Å². The average molecular weight is 227 g/mol. The molecule has 0 atom stereocenters. The van der Waals surface area contributed by atoms with E-state index in [-0.39, 0.29) is 6.01 Å². The van der Waals surface area contributed by atoms with Crippen molar-refractivity contribution in [3.8, 4) is 0 Å². The molecule has 2 aromatic carbocycles. The first-order chi connectivity index (χ1) is 8.22. The molecular formula is C13H13N3O. The third-order valence-electron chi connectivity index (χ3n) is 3.07. The predicted octanol–water partition coefficient (Wildman–Crippen LogP) is 2.71. The van der Waals surface area contributed by atoms with Crippen molar-refractivity contribution >= 4 is 33.6 Å². The highest BCUT2D eigenvalue weighted by Crippen LogP contribution is 2.35. The zero-order valence-electron chi connectivity index (χ0n) is 9.53. The van der Waals surface area contributed by atoms with Gasteiger partial charge in [0.25, 0.3) is 6.01 Å². The molecule has 0 amide bonds. The SMILES string of the molecule is CCc1c(N)c2ccccc2c2nc(N)oc12. The van der Waals surface area contributed by atoms with Crippen LogP contribution in [0, 0.1) is 0 Å². The summed E-state index contributed by atoms with van der Waals surface area (Å²) in [6.45, 7) is 2.04. The van der Waals surface area contributed by atoms with Crippen molar-refractivity contribution in [1.82, 2.24) is 4.98 Å². The summed E-state index contributed by atoms with van der Waals surface area (Å²) >= 11 is 0. The van der Waals surface area contributed by atoms with E-state index >= 15 is 0 Å². The van der Waals surface area contributed by atoms with Gasteiger partial charge in [-0.25, -0.2) is 0 Å². The van der Waals surface area contributed by atoms with Crippen molar-refractivity contribution in [2.24, 2.45) is 0 Å². The third-order valence-corrected chi connectivity index (χ3v) is 3.07. The zero-order valence-corrected chi connectivity index (χ0v) is 9.53. The highest BCUT2D eigenvalue weighted by Gasteiger charge is 2.15. The molecule has 4 heteroatoms. The number of nitrogen functional groups attached to an aromatic ring is 2. The highest BCUT2D eigenvalue weighted by molar-refractivity contribution is 6.11. The summed E-state index contributed by atoms with van der Waals surface area (Å²) in [4.78, 5) is 4.25. The van der Waals surface area contributed by atoms with Gasteiger partial charge in [0.15, 0.2) is 5.58 Å². The lowest BCUT2D eigenvalue weighted by molar-refractivity contribution is 0.622. The van der Waals surface area contributed by atoms with Gasteiger partial charge in [0, 0.05) is 22.0 Å². The van der Waals surface area contributed by atoms with Gasteiger partial charge < -0.3 is 15.9 Å². The Morgan fingerprint density at radius 3 is 2.59 bits per heavy atom. The highest BCUT2D eigenvalue weighted by atomic mass is 16.4. The van der Waals surface area contributed by atoms with Gasteiger partial charge in [0.1, 0.15) is 5.52 Å². The van der Waals surface area contributed by atoms with Crippen molar-refractivity contribution in [2.45, 2.75) is 13.3 Å². The van der Waals surface area contributed by atoms with Gasteiger partial charge in [-0.1, -0.05) is 31.2 Å². The van der Waals surface area contributed by atoms with Crippen LogP contribution < -0.4 is 11.5 Å². The maximum absolute atomic E-state index is 6.18. The van der Waals surface area contributed by atoms with E-state index in [0.29, 0.717) is 5.58 Å². The van der Waals surface area contributed by atoms with Gasteiger partial charge in [-0.05, 0) is 6.42 Å². The molecule has 3 aromatic rings. The molecule has 17 heavy (non-hydrogen) atoms. The molecule has 4 nitrogen and oxygen atoms in total. The quantitative estimate of drug-likeness (QED) is 0.626. The monoisotopic (exact) mass is 227 g/mol. The lowest BCUT2D eigenvalue weighted by atomic mass is 10.0. The number of fused-ring (bicyclic) bond motifs is 3. The number of oxazole rings is 1. The lowest BCUT2D eigenvalue weighted by Gasteiger charge is -2.07. The minimum Gasteiger partial charge on any atom is -0.423 e. The molecule has 0 saturated carbocycles. The molecule has 86 valence electrons. The zero-order chi connectivity index (χ0) is 12.0. The van der Waals surface area contributed by atoms with E-state index in [2.05, 4.69) is 4.98 Å². The smallest absolute Gasteiger partial charge is 0.293 e. The van der Waals surface area contributed by atoms with Gasteiger partial charge in [-0.15, -0.1) is 0 Å². The molecule has 0 aliphatic carbocycles. The predicted molar refractivity (Wildman–Crippen MR) is 69.7 cm³/mol. The third kappa shape index (κ3) is 1.27. The van der Waals surface area contributed by atoms with Gasteiger partial charge >= 0.3 is 0 Å². The van der Waals surface area contributed by atoms with Crippen LogP contribution in [-0.4, -0.2) is 4.98 Å². The lowest BCUT2D eigenvalue weighted by Crippen LogP contribution is -1.95. The average Bonchev–Trinajstić information content (AvgIpc) is 2.72. The number of nitrogens with two attached hydrogens (primary N) is 2. The van der Waals surface area contributed by atoms with E-state index in [0.717, 1.165) is 34.0 Å². The first-order valence-electron chi connectivity index (χ1n) is 5.57. The fraction of sp³-hybridized carbons (Fsp3) is 0.154. The van der Waals surface area contributed by atoms with Crippen LogP contribution in [0.5, 0.6) is 0 Å². The van der Waals surface area contributed by atoms with Crippen molar-refractivity contribution in [3.63, 3.8) is 0 Å². The Labute approximate surface area is 98.2 Å². The van der Waals surface area contributed by atoms with Crippen molar-refractivity contribution in [1.29, 1.82) is 0 Å². The van der Waals surface area contributed by atoms with E-state index in [1.54, 1.807) is 0 Å². The fourth-order valence-electron chi connectivity index (χ4n) is 2.28. The van der Waals surface area contributed by atoms with Gasteiger partial charge in [0.2, 0.25) is 0 Å². The summed E-state index contributed by atoms with van der Waals surface area (Å²) < 4.78 is 5.47. The molecule has 0 radical (unpaired) electrons. The summed E-state index contributed by atoms with van der Waals surface area (Å²) in [6, 6.07) is 8.08. The van der Waals surface area contributed by atoms with Gasteiger partial charge in [0.05, 0.1) is 0 Å². The maximum atomic E-state index is 6.18. The Morgan fingerprint density at radius 2 is 1.88 bits per heavy atom. The van der Waals surface area contributed by atoms with Crippen molar-refractivity contribution in [2.75, 3.05) is 11.5 Å². The second kappa shape index (κ2) is 3.38. The molecule has 1 heterocycles. The topological polar surface area (TPSA) is 78.1 Å². The number of benzene rings is 2. The standard InChI is InChI=1S/C13H13N3O/c1-2-7-10(14)8-5-3-4-6-9(8)11-12(7)17-13(15)16-11/h3-6H,2,14H2,1H3,(H2,15,16). The summed E-state index contributed by atoms with van der Waals surface area (Å²) in [5, 5.41) is 1.99. The minimum absolute atomic E-state index is 0.186.